The summed E-state index contributed by atoms with van der Waals surface area (Å²) in [6.45, 7) is 0. The van der Waals surface area contributed by atoms with Gasteiger partial charge in [0.15, 0.2) is 0 Å². The number of carbonyl (C=O) groups excluding carboxylic acids is 1. The lowest BCUT2D eigenvalue weighted by Gasteiger charge is -1.86. The van der Waals surface area contributed by atoms with Gasteiger partial charge in [-0.25, -0.2) is 23.3 Å². The van der Waals surface area contributed by atoms with Crippen LogP contribution in [0.1, 0.15) is 0 Å². The van der Waals surface area contributed by atoms with Gasteiger partial charge in [-0.1, -0.05) is 4.36 Å². The zero-order chi connectivity index (χ0) is 12.8. The van der Waals surface area contributed by atoms with E-state index in [4.69, 9.17) is 0 Å². The summed E-state index contributed by atoms with van der Waals surface area (Å²) in [5, 5.41) is 4.47. The summed E-state index contributed by atoms with van der Waals surface area (Å²) < 4.78 is 41.8. The number of rotatable bonds is 1. The molecule has 0 bridgehead atoms. The van der Waals surface area contributed by atoms with Crippen molar-refractivity contribution in [3.8, 4) is 0 Å². The number of nitrogens with one attached hydrogen (secondary N) is 1. The summed E-state index contributed by atoms with van der Waals surface area (Å²) >= 11 is 0. The topological polar surface area (TPSA) is 178 Å². The lowest BCUT2D eigenvalue weighted by Crippen LogP contribution is -2.13. The van der Waals surface area contributed by atoms with Crippen molar-refractivity contribution in [1.82, 2.24) is 9.97 Å². The Morgan fingerprint density at radius 3 is 2.19 bits per heavy atom. The molecule has 16 heavy (non-hydrogen) atoms. The van der Waals surface area contributed by atoms with Crippen molar-refractivity contribution in [2.24, 2.45) is 15.2 Å². The Morgan fingerprint density at radius 1 is 1.50 bits per heavy atom. The van der Waals surface area contributed by atoms with E-state index in [1.165, 1.54) is 12.4 Å². The second-order valence-electron chi connectivity index (χ2n) is 2.09. The van der Waals surface area contributed by atoms with E-state index in [0.717, 1.165) is 0 Å². The molecule has 0 aliphatic rings. The van der Waals surface area contributed by atoms with Gasteiger partial charge in [0.1, 0.15) is 0 Å². The van der Waals surface area contributed by atoms with Crippen LogP contribution in [0.5, 0.6) is 0 Å². The molecular formula is C4H7N5O5S2. The zero-order valence-corrected chi connectivity index (χ0v) is 9.19. The minimum absolute atomic E-state index is 0.206. The van der Waals surface area contributed by atoms with E-state index in [0.29, 0.717) is 0 Å². The van der Waals surface area contributed by atoms with Crippen LogP contribution in [-0.4, -0.2) is 32.8 Å². The van der Waals surface area contributed by atoms with Gasteiger partial charge in [0.2, 0.25) is 5.16 Å². The Hall–Kier alpha value is -1.79. The van der Waals surface area contributed by atoms with Crippen molar-refractivity contribution in [3.63, 3.8) is 0 Å². The molecular weight excluding hydrogens is 262 g/mol. The highest BCUT2D eigenvalue weighted by Gasteiger charge is 2.07. The SMILES string of the molecule is NC(=O)N=S(=O)=O.NS(=O)(=O)c1ncc[nH]1. The van der Waals surface area contributed by atoms with Crippen molar-refractivity contribution < 1.29 is 21.6 Å². The molecule has 0 atom stereocenters. The van der Waals surface area contributed by atoms with Gasteiger partial charge in [0.25, 0.3) is 10.0 Å². The number of aromatic amines is 1. The zero-order valence-electron chi connectivity index (χ0n) is 7.56. The average Bonchev–Trinajstić information content (AvgIpc) is 2.51. The number of imidazole rings is 1. The first kappa shape index (κ1) is 14.2. The molecule has 1 aromatic rings. The second kappa shape index (κ2) is 5.94. The van der Waals surface area contributed by atoms with Crippen molar-refractivity contribution in [2.45, 2.75) is 5.16 Å². The van der Waals surface area contributed by atoms with E-state index in [-0.39, 0.29) is 5.16 Å². The van der Waals surface area contributed by atoms with Crippen molar-refractivity contribution in [3.05, 3.63) is 12.4 Å². The summed E-state index contributed by atoms with van der Waals surface area (Å²) in [5.41, 5.74) is 4.29. The fraction of sp³-hybridized carbons (Fsp3) is 0. The average molecular weight is 269 g/mol. The summed E-state index contributed by atoms with van der Waals surface area (Å²) in [7, 11) is -6.32. The van der Waals surface area contributed by atoms with Crippen LogP contribution in [0.25, 0.3) is 0 Å². The first-order valence-electron chi connectivity index (χ1n) is 3.36. The summed E-state index contributed by atoms with van der Waals surface area (Å²) in [5.74, 6) is 0. The maximum absolute atomic E-state index is 10.4. The highest BCUT2D eigenvalue weighted by Crippen LogP contribution is 1.93. The molecule has 0 saturated carbocycles. The number of amides is 2. The minimum atomic E-state index is -3.63. The number of primary sulfonamides is 1. The number of carbonyl (C=O) groups is 1. The van der Waals surface area contributed by atoms with Gasteiger partial charge in [-0.2, -0.15) is 8.42 Å². The number of aromatic nitrogens is 2. The number of urea groups is 1. The fourth-order valence-electron chi connectivity index (χ4n) is 0.480. The maximum atomic E-state index is 10.4. The fourth-order valence-corrected chi connectivity index (χ4v) is 1.07. The van der Waals surface area contributed by atoms with Crippen LogP contribution in [0.15, 0.2) is 21.9 Å². The number of H-pyrrole nitrogens is 1. The quantitative estimate of drug-likeness (QED) is 0.540. The van der Waals surface area contributed by atoms with Gasteiger partial charge in [0, 0.05) is 12.4 Å². The minimum Gasteiger partial charge on any atom is -0.349 e. The van der Waals surface area contributed by atoms with Crippen LogP contribution >= 0.6 is 0 Å². The third-order valence-corrected chi connectivity index (χ3v) is 2.00. The van der Waals surface area contributed by atoms with Gasteiger partial charge in [-0.05, 0) is 0 Å². The van der Waals surface area contributed by atoms with Gasteiger partial charge in [-0.15, -0.1) is 0 Å². The molecule has 0 aliphatic carbocycles. The number of sulfonamides is 1. The lowest BCUT2D eigenvalue weighted by molar-refractivity contribution is 0.257. The molecule has 90 valence electrons. The van der Waals surface area contributed by atoms with Crippen LogP contribution in [0.2, 0.25) is 0 Å². The van der Waals surface area contributed by atoms with Crippen molar-refractivity contribution in [1.29, 1.82) is 0 Å². The summed E-state index contributed by atoms with van der Waals surface area (Å²) in [4.78, 5) is 15.2. The van der Waals surface area contributed by atoms with Crippen LogP contribution in [-0.2, 0) is 20.5 Å². The molecule has 0 radical (unpaired) electrons. The molecule has 0 unspecified atom stereocenters. The van der Waals surface area contributed by atoms with Gasteiger partial charge in [-0.3, -0.25) is 0 Å². The Balaban J connectivity index is 0.000000293. The Kier molecular flexibility index (Phi) is 5.27. The first-order valence-corrected chi connectivity index (χ1v) is 5.94. The summed E-state index contributed by atoms with van der Waals surface area (Å²) in [6.07, 6.45) is 2.71. The molecule has 10 nitrogen and oxygen atoms in total. The molecule has 0 saturated heterocycles. The number of hydrogen-bond donors (Lipinski definition) is 3. The molecule has 0 aromatic carbocycles. The molecule has 1 aromatic heterocycles. The standard InChI is InChI=1S/C3H5N3O2S.CH2N2O3S/c4-9(7,8)3-5-1-2-6-3;2-1(4)3-7(5)6/h1-2H,(H,5,6)(H2,4,7,8);(H2,2,4). The molecule has 0 spiro atoms. The Labute approximate surface area is 91.4 Å². The molecule has 2 amide bonds. The molecule has 12 heteroatoms. The maximum Gasteiger partial charge on any atom is 0.353 e. The van der Waals surface area contributed by atoms with Gasteiger partial charge in [0.05, 0.1) is 0 Å². The number of primary amides is 1. The van der Waals surface area contributed by atoms with Crippen LogP contribution < -0.4 is 10.9 Å². The number of nitrogens with zero attached hydrogens (tertiary/aromatic N) is 2. The van der Waals surface area contributed by atoms with Crippen LogP contribution in [0, 0.1) is 0 Å². The van der Waals surface area contributed by atoms with E-state index in [9.17, 15) is 21.6 Å². The van der Waals surface area contributed by atoms with E-state index in [1.807, 2.05) is 0 Å². The molecule has 5 N–H and O–H groups in total. The second-order valence-corrected chi connectivity index (χ2v) is 4.18. The van der Waals surface area contributed by atoms with E-state index in [1.54, 1.807) is 0 Å². The largest absolute Gasteiger partial charge is 0.353 e. The van der Waals surface area contributed by atoms with Crippen LogP contribution in [0.4, 0.5) is 4.79 Å². The number of nitrogens with two attached hydrogens (primary N) is 2. The molecule has 0 fully saturated rings. The predicted molar refractivity (Wildman–Crippen MR) is 50.9 cm³/mol. The molecule has 0 aliphatic heterocycles. The number of hydrogen-bond acceptors (Lipinski definition) is 6. The summed E-state index contributed by atoms with van der Waals surface area (Å²) in [6, 6.07) is -1.20. The van der Waals surface area contributed by atoms with E-state index < -0.39 is 26.6 Å². The third kappa shape index (κ3) is 6.63. The van der Waals surface area contributed by atoms with Crippen LogP contribution in [0.3, 0.4) is 0 Å². The van der Waals surface area contributed by atoms with E-state index in [2.05, 4.69) is 25.2 Å². The third-order valence-electron chi connectivity index (χ3n) is 0.907. The first-order chi connectivity index (χ1) is 7.23. The Morgan fingerprint density at radius 2 is 2.06 bits per heavy atom. The smallest absolute Gasteiger partial charge is 0.349 e. The Bertz CT molecular complexity index is 562. The van der Waals surface area contributed by atoms with Crippen molar-refractivity contribution >= 4 is 26.6 Å². The normalized spacial score (nSPS) is 9.81. The monoisotopic (exact) mass is 269 g/mol. The predicted octanol–water partition coefficient (Wildman–Crippen LogP) is -1.82. The van der Waals surface area contributed by atoms with Gasteiger partial charge < -0.3 is 10.7 Å². The highest BCUT2D eigenvalue weighted by molar-refractivity contribution is 7.89. The van der Waals surface area contributed by atoms with E-state index >= 15 is 0 Å². The molecule has 1 heterocycles. The highest BCUT2D eigenvalue weighted by atomic mass is 32.2. The molecule has 1 rings (SSSR count). The van der Waals surface area contributed by atoms with Crippen molar-refractivity contribution in [2.75, 3.05) is 0 Å². The lowest BCUT2D eigenvalue weighted by atomic mass is 11.0. The van der Waals surface area contributed by atoms with Gasteiger partial charge >= 0.3 is 16.5 Å².